The summed E-state index contributed by atoms with van der Waals surface area (Å²) in [5.41, 5.74) is 4.66. The van der Waals surface area contributed by atoms with Crippen LogP contribution >= 0.6 is 0 Å². The van der Waals surface area contributed by atoms with Crippen molar-refractivity contribution in [2.24, 2.45) is 0 Å². The fourth-order valence-electron chi connectivity index (χ4n) is 4.45. The standard InChI is InChI=1S/C29H17N9O2/c39-28(22-10-3-8-20(32-22)26-14-1-6-18-16-30-35-37(18)26)24-12-5-13-25(34-24)29(40)23-11-4-9-21(33-23)27-15-2-7-19-17-31-36-38(19)27/h1-17H. The lowest BCUT2D eigenvalue weighted by molar-refractivity contribution is 0.102. The minimum Gasteiger partial charge on any atom is -0.285 e. The van der Waals surface area contributed by atoms with Gasteiger partial charge in [-0.1, -0.05) is 40.8 Å². The molecule has 11 nitrogen and oxygen atoms in total. The van der Waals surface area contributed by atoms with Crippen LogP contribution in [0.2, 0.25) is 0 Å². The SMILES string of the molecule is O=C(c1cccc(C(=O)c2cccc(-c3cccc4cnnn34)n2)n1)c1cccc(-c2cccc3cnnn23)n1. The maximum Gasteiger partial charge on any atom is 0.229 e. The number of nitrogens with zero attached hydrogens (tertiary/aromatic N) is 9. The van der Waals surface area contributed by atoms with E-state index in [0.717, 1.165) is 11.0 Å². The van der Waals surface area contributed by atoms with E-state index in [1.165, 1.54) is 0 Å². The largest absolute Gasteiger partial charge is 0.285 e. The molecule has 40 heavy (non-hydrogen) atoms. The number of hydrogen-bond acceptors (Lipinski definition) is 9. The van der Waals surface area contributed by atoms with Crippen molar-refractivity contribution in [3.05, 3.63) is 126 Å². The maximum atomic E-state index is 13.4. The van der Waals surface area contributed by atoms with Crippen molar-refractivity contribution in [3.63, 3.8) is 0 Å². The highest BCUT2D eigenvalue weighted by atomic mass is 16.1. The molecule has 190 valence electrons. The van der Waals surface area contributed by atoms with Crippen molar-refractivity contribution >= 4 is 22.6 Å². The summed E-state index contributed by atoms with van der Waals surface area (Å²) in [6.45, 7) is 0. The van der Waals surface area contributed by atoms with Gasteiger partial charge >= 0.3 is 0 Å². The van der Waals surface area contributed by atoms with Crippen molar-refractivity contribution < 1.29 is 9.59 Å². The number of pyridine rings is 5. The monoisotopic (exact) mass is 523 g/mol. The van der Waals surface area contributed by atoms with Crippen LogP contribution in [0.3, 0.4) is 0 Å². The van der Waals surface area contributed by atoms with Crippen LogP contribution in [0.25, 0.3) is 33.8 Å². The van der Waals surface area contributed by atoms with Gasteiger partial charge in [0.2, 0.25) is 11.6 Å². The molecule has 7 aromatic rings. The topological polar surface area (TPSA) is 133 Å². The maximum absolute atomic E-state index is 13.4. The fraction of sp³-hybridized carbons (Fsp3) is 0. The Bertz CT molecular complexity index is 1930. The van der Waals surface area contributed by atoms with Crippen LogP contribution in [0, 0.1) is 0 Å². The van der Waals surface area contributed by atoms with Crippen LogP contribution < -0.4 is 0 Å². The van der Waals surface area contributed by atoms with Crippen molar-refractivity contribution in [1.29, 1.82) is 0 Å². The van der Waals surface area contributed by atoms with Gasteiger partial charge in [0.05, 0.1) is 46.2 Å². The van der Waals surface area contributed by atoms with Crippen LogP contribution in [0.4, 0.5) is 0 Å². The zero-order chi connectivity index (χ0) is 27.1. The molecule has 0 spiro atoms. The van der Waals surface area contributed by atoms with Gasteiger partial charge in [0.15, 0.2) is 0 Å². The molecule has 0 aliphatic carbocycles. The van der Waals surface area contributed by atoms with Gasteiger partial charge in [-0.2, -0.15) is 0 Å². The summed E-state index contributed by atoms with van der Waals surface area (Å²) in [6.07, 6.45) is 3.29. The third kappa shape index (κ3) is 3.98. The van der Waals surface area contributed by atoms with Crippen molar-refractivity contribution in [3.8, 4) is 22.8 Å². The quantitative estimate of drug-likeness (QED) is 0.299. The Morgan fingerprint density at radius 2 is 0.875 bits per heavy atom. The lowest BCUT2D eigenvalue weighted by Gasteiger charge is -2.07. The average molecular weight is 524 g/mol. The summed E-state index contributed by atoms with van der Waals surface area (Å²) >= 11 is 0. The number of carbonyl (C=O) groups is 2. The van der Waals surface area contributed by atoms with Gasteiger partial charge in [-0.25, -0.2) is 24.0 Å². The highest BCUT2D eigenvalue weighted by molar-refractivity contribution is 6.09. The molecule has 0 N–H and O–H groups in total. The molecule has 0 aliphatic rings. The van der Waals surface area contributed by atoms with E-state index in [0.29, 0.717) is 22.8 Å². The molecule has 0 fully saturated rings. The zero-order valence-corrected chi connectivity index (χ0v) is 20.7. The molecule has 0 aromatic carbocycles. The molecule has 0 unspecified atom stereocenters. The molecule has 0 bridgehead atoms. The third-order valence-electron chi connectivity index (χ3n) is 6.35. The number of aromatic nitrogens is 9. The molecule has 0 saturated heterocycles. The predicted molar refractivity (Wildman–Crippen MR) is 144 cm³/mol. The van der Waals surface area contributed by atoms with Crippen LogP contribution in [0.15, 0.2) is 103 Å². The normalized spacial score (nSPS) is 11.2. The second-order valence-corrected chi connectivity index (χ2v) is 8.85. The van der Waals surface area contributed by atoms with E-state index in [9.17, 15) is 9.59 Å². The number of hydrogen-bond donors (Lipinski definition) is 0. The van der Waals surface area contributed by atoms with Gasteiger partial charge in [-0.05, 0) is 60.7 Å². The van der Waals surface area contributed by atoms with E-state index in [4.69, 9.17) is 0 Å². The first-order valence-electron chi connectivity index (χ1n) is 12.3. The predicted octanol–water partition coefficient (Wildman–Crippen LogP) is 3.75. The smallest absolute Gasteiger partial charge is 0.229 e. The summed E-state index contributed by atoms with van der Waals surface area (Å²) in [5, 5.41) is 16.1. The number of ketones is 2. The van der Waals surface area contributed by atoms with Crippen molar-refractivity contribution in [2.45, 2.75) is 0 Å². The Morgan fingerprint density at radius 3 is 1.35 bits per heavy atom. The Balaban J connectivity index is 1.20. The Kier molecular flexibility index (Phi) is 5.45. The van der Waals surface area contributed by atoms with Gasteiger partial charge in [0, 0.05) is 0 Å². The number of carbonyl (C=O) groups excluding carboxylic acids is 2. The highest BCUT2D eigenvalue weighted by Crippen LogP contribution is 2.21. The highest BCUT2D eigenvalue weighted by Gasteiger charge is 2.19. The lowest BCUT2D eigenvalue weighted by Crippen LogP contribution is -2.12. The van der Waals surface area contributed by atoms with Gasteiger partial charge < -0.3 is 0 Å². The second kappa shape index (κ2) is 9.40. The summed E-state index contributed by atoms with van der Waals surface area (Å²) in [6, 6.07) is 26.2. The minimum absolute atomic E-state index is 0.0954. The van der Waals surface area contributed by atoms with Crippen molar-refractivity contribution in [2.75, 3.05) is 0 Å². The molecule has 0 radical (unpaired) electrons. The van der Waals surface area contributed by atoms with Crippen LogP contribution in [0.1, 0.15) is 32.4 Å². The number of fused-ring (bicyclic) bond motifs is 2. The van der Waals surface area contributed by atoms with E-state index < -0.39 is 11.6 Å². The molecule has 11 heteroatoms. The molecule has 0 amide bonds. The molecular formula is C29H17N9O2. The molecule has 7 rings (SSSR count). The lowest BCUT2D eigenvalue weighted by atomic mass is 10.1. The van der Waals surface area contributed by atoms with E-state index in [-0.39, 0.29) is 22.8 Å². The van der Waals surface area contributed by atoms with Gasteiger partial charge in [-0.15, -0.1) is 10.2 Å². The summed E-state index contributed by atoms with van der Waals surface area (Å²) < 4.78 is 3.30. The Morgan fingerprint density at radius 1 is 0.475 bits per heavy atom. The van der Waals surface area contributed by atoms with Gasteiger partial charge in [0.25, 0.3) is 0 Å². The van der Waals surface area contributed by atoms with E-state index in [1.807, 2.05) is 36.4 Å². The summed E-state index contributed by atoms with van der Waals surface area (Å²) in [7, 11) is 0. The van der Waals surface area contributed by atoms with E-state index in [1.54, 1.807) is 76.0 Å². The van der Waals surface area contributed by atoms with Crippen LogP contribution in [-0.4, -0.2) is 56.2 Å². The Hall–Kier alpha value is -5.97. The molecule has 0 aliphatic heterocycles. The van der Waals surface area contributed by atoms with Crippen LogP contribution in [0.5, 0.6) is 0 Å². The molecule has 0 saturated carbocycles. The zero-order valence-electron chi connectivity index (χ0n) is 20.7. The average Bonchev–Trinajstić information content (AvgIpc) is 3.70. The first kappa shape index (κ1) is 23.2. The first-order valence-corrected chi connectivity index (χ1v) is 12.3. The van der Waals surface area contributed by atoms with Gasteiger partial charge in [-0.3, -0.25) is 9.59 Å². The van der Waals surface area contributed by atoms with E-state index in [2.05, 4.69) is 35.6 Å². The second-order valence-electron chi connectivity index (χ2n) is 8.85. The molecule has 7 heterocycles. The van der Waals surface area contributed by atoms with Crippen LogP contribution in [-0.2, 0) is 0 Å². The minimum atomic E-state index is -0.415. The third-order valence-corrected chi connectivity index (χ3v) is 6.35. The van der Waals surface area contributed by atoms with Crippen molar-refractivity contribution in [1.82, 2.24) is 44.6 Å². The summed E-state index contributed by atoms with van der Waals surface area (Å²) in [5.74, 6) is -0.830. The summed E-state index contributed by atoms with van der Waals surface area (Å²) in [4.78, 5) is 40.3. The fourth-order valence-corrected chi connectivity index (χ4v) is 4.45. The first-order chi connectivity index (χ1) is 19.7. The van der Waals surface area contributed by atoms with Gasteiger partial charge in [0.1, 0.15) is 22.8 Å². The van der Waals surface area contributed by atoms with E-state index >= 15 is 0 Å². The molecule has 0 atom stereocenters. The molecular weight excluding hydrogens is 506 g/mol. The molecule has 7 aromatic heterocycles. The Labute approximate surface area is 225 Å². The number of rotatable bonds is 6.